The van der Waals surface area contributed by atoms with E-state index in [4.69, 9.17) is 9.84 Å². The molecular formula is C24H30FNO3. The molecular weight excluding hydrogens is 369 g/mol. The number of hydrogen-bond acceptors (Lipinski definition) is 3. The molecule has 1 aliphatic rings. The summed E-state index contributed by atoms with van der Waals surface area (Å²) < 4.78 is 19.7. The zero-order chi connectivity index (χ0) is 20.6. The second kappa shape index (κ2) is 10.4. The van der Waals surface area contributed by atoms with Crippen LogP contribution in [0.2, 0.25) is 0 Å². The van der Waals surface area contributed by atoms with Gasteiger partial charge in [0.15, 0.2) is 0 Å². The van der Waals surface area contributed by atoms with E-state index in [-0.39, 0.29) is 18.3 Å². The largest absolute Gasteiger partial charge is 0.490 e. The molecule has 1 fully saturated rings. The summed E-state index contributed by atoms with van der Waals surface area (Å²) >= 11 is 0. The topological polar surface area (TPSA) is 49.8 Å². The van der Waals surface area contributed by atoms with E-state index in [0.717, 1.165) is 43.5 Å². The van der Waals surface area contributed by atoms with Gasteiger partial charge in [0.2, 0.25) is 0 Å². The summed E-state index contributed by atoms with van der Waals surface area (Å²) in [5.74, 6) is 0.369. The lowest BCUT2D eigenvalue weighted by Crippen LogP contribution is -2.35. The molecule has 1 saturated carbocycles. The first-order valence-electron chi connectivity index (χ1n) is 10.4. The predicted molar refractivity (Wildman–Crippen MR) is 111 cm³/mol. The van der Waals surface area contributed by atoms with E-state index in [2.05, 4.69) is 4.90 Å². The molecule has 2 aromatic rings. The lowest BCUT2D eigenvalue weighted by Gasteiger charge is -2.33. The van der Waals surface area contributed by atoms with Crippen LogP contribution in [0.15, 0.2) is 48.5 Å². The highest BCUT2D eigenvalue weighted by atomic mass is 19.1. The first-order chi connectivity index (χ1) is 14.0. The van der Waals surface area contributed by atoms with Crippen molar-refractivity contribution in [1.82, 2.24) is 4.90 Å². The lowest BCUT2D eigenvalue weighted by molar-refractivity contribution is -0.137. The van der Waals surface area contributed by atoms with Crippen LogP contribution in [-0.2, 0) is 11.3 Å². The Bertz CT molecular complexity index is 796. The Labute approximate surface area is 172 Å². The van der Waals surface area contributed by atoms with Crippen LogP contribution in [0.4, 0.5) is 4.39 Å². The maximum absolute atomic E-state index is 13.6. The van der Waals surface area contributed by atoms with Gasteiger partial charge in [-0.15, -0.1) is 0 Å². The highest BCUT2D eigenvalue weighted by molar-refractivity contribution is 5.66. The molecule has 0 heterocycles. The third-order valence-electron chi connectivity index (χ3n) is 5.57. The molecule has 0 aromatic heterocycles. The van der Waals surface area contributed by atoms with Gasteiger partial charge in [-0.3, -0.25) is 9.69 Å². The van der Waals surface area contributed by atoms with Gasteiger partial charge in [-0.2, -0.15) is 0 Å². The summed E-state index contributed by atoms with van der Waals surface area (Å²) in [6, 6.07) is 15.0. The molecule has 4 nitrogen and oxygen atoms in total. The number of nitrogens with zero attached hydrogens (tertiary/aromatic N) is 1. The quantitative estimate of drug-likeness (QED) is 0.641. The Morgan fingerprint density at radius 2 is 2.00 bits per heavy atom. The van der Waals surface area contributed by atoms with Crippen LogP contribution in [0.25, 0.3) is 0 Å². The van der Waals surface area contributed by atoms with Crippen LogP contribution in [0.3, 0.4) is 0 Å². The second-order valence-corrected chi connectivity index (χ2v) is 8.05. The number of carboxylic acids is 1. The maximum Gasteiger partial charge on any atom is 0.304 e. The number of ether oxygens (including phenoxy) is 1. The Morgan fingerprint density at radius 1 is 1.21 bits per heavy atom. The number of rotatable bonds is 9. The summed E-state index contributed by atoms with van der Waals surface area (Å²) in [7, 11) is 0. The fourth-order valence-corrected chi connectivity index (χ4v) is 4.12. The van der Waals surface area contributed by atoms with Crippen molar-refractivity contribution in [3.63, 3.8) is 0 Å². The number of benzene rings is 2. The van der Waals surface area contributed by atoms with Crippen LogP contribution >= 0.6 is 0 Å². The molecule has 156 valence electrons. The van der Waals surface area contributed by atoms with E-state index < -0.39 is 5.97 Å². The number of para-hydroxylation sites is 1. The van der Waals surface area contributed by atoms with Gasteiger partial charge in [0.25, 0.3) is 0 Å². The number of aryl methyl sites for hydroxylation is 1. The first-order valence-corrected chi connectivity index (χ1v) is 10.4. The van der Waals surface area contributed by atoms with E-state index in [9.17, 15) is 9.18 Å². The van der Waals surface area contributed by atoms with E-state index in [0.29, 0.717) is 24.6 Å². The molecule has 0 aliphatic heterocycles. The van der Waals surface area contributed by atoms with Gasteiger partial charge in [-0.25, -0.2) is 4.39 Å². The molecule has 0 amide bonds. The minimum atomic E-state index is -0.792. The molecule has 0 spiro atoms. The van der Waals surface area contributed by atoms with Gasteiger partial charge in [-0.05, 0) is 67.9 Å². The van der Waals surface area contributed by atoms with Gasteiger partial charge in [-0.1, -0.05) is 30.3 Å². The molecule has 2 atom stereocenters. The molecule has 2 aromatic carbocycles. The van der Waals surface area contributed by atoms with Crippen molar-refractivity contribution in [2.45, 2.75) is 51.7 Å². The van der Waals surface area contributed by atoms with Crippen molar-refractivity contribution in [2.75, 3.05) is 13.1 Å². The Morgan fingerprint density at radius 3 is 2.72 bits per heavy atom. The van der Waals surface area contributed by atoms with Crippen LogP contribution < -0.4 is 4.74 Å². The summed E-state index contributed by atoms with van der Waals surface area (Å²) in [5.41, 5.74) is 1.64. The Hall–Kier alpha value is -2.40. The average molecular weight is 400 g/mol. The van der Waals surface area contributed by atoms with E-state index in [1.54, 1.807) is 13.0 Å². The molecule has 5 heteroatoms. The lowest BCUT2D eigenvalue weighted by atomic mass is 9.86. The summed E-state index contributed by atoms with van der Waals surface area (Å²) in [6.45, 7) is 3.72. The van der Waals surface area contributed by atoms with E-state index in [1.165, 1.54) is 6.07 Å². The second-order valence-electron chi connectivity index (χ2n) is 8.05. The maximum atomic E-state index is 13.6. The molecule has 0 bridgehead atoms. The summed E-state index contributed by atoms with van der Waals surface area (Å²) in [6.07, 6.45) is 4.58. The zero-order valence-corrected chi connectivity index (χ0v) is 17.0. The number of aliphatic carboxylic acids is 1. The van der Waals surface area contributed by atoms with Crippen molar-refractivity contribution in [3.8, 4) is 5.75 Å². The highest BCUT2D eigenvalue weighted by Gasteiger charge is 2.25. The van der Waals surface area contributed by atoms with Crippen molar-refractivity contribution in [1.29, 1.82) is 0 Å². The van der Waals surface area contributed by atoms with Crippen LogP contribution in [0.5, 0.6) is 5.75 Å². The molecule has 1 N–H and O–H groups in total. The van der Waals surface area contributed by atoms with Gasteiger partial charge in [0.05, 0.1) is 12.5 Å². The van der Waals surface area contributed by atoms with E-state index >= 15 is 0 Å². The number of carbonyl (C=O) groups is 1. The van der Waals surface area contributed by atoms with Crippen molar-refractivity contribution in [3.05, 3.63) is 65.5 Å². The Balaban J connectivity index is 1.61. The standard InChI is InChI=1S/C24H30FNO3/c1-18-14-20(10-11-23(18)25)17-26(13-12-24(27)28)16-19-6-5-9-22(15-19)29-21-7-3-2-4-8-21/h2-4,7-8,10-11,14,19,22H,5-6,9,12-13,15-17H2,1H3,(H,27,28). The van der Waals surface area contributed by atoms with Crippen LogP contribution in [0, 0.1) is 18.7 Å². The van der Waals surface area contributed by atoms with E-state index in [1.807, 2.05) is 36.4 Å². The third-order valence-corrected chi connectivity index (χ3v) is 5.57. The van der Waals surface area contributed by atoms with Gasteiger partial charge < -0.3 is 9.84 Å². The fraction of sp³-hybridized carbons (Fsp3) is 0.458. The normalized spacial score (nSPS) is 19.3. The third kappa shape index (κ3) is 6.86. The monoisotopic (exact) mass is 399 g/mol. The predicted octanol–water partition coefficient (Wildman–Crippen LogP) is 5.05. The summed E-state index contributed by atoms with van der Waals surface area (Å²) in [4.78, 5) is 13.3. The molecule has 2 unspecified atom stereocenters. The number of hydrogen-bond donors (Lipinski definition) is 1. The number of halogens is 1. The molecule has 3 rings (SSSR count). The van der Waals surface area contributed by atoms with Crippen molar-refractivity contribution >= 4 is 5.97 Å². The summed E-state index contributed by atoms with van der Waals surface area (Å²) in [5, 5.41) is 9.12. The average Bonchev–Trinajstić information content (AvgIpc) is 2.70. The van der Waals surface area contributed by atoms with Crippen molar-refractivity contribution in [2.24, 2.45) is 5.92 Å². The van der Waals surface area contributed by atoms with Gasteiger partial charge >= 0.3 is 5.97 Å². The molecule has 0 radical (unpaired) electrons. The minimum absolute atomic E-state index is 0.108. The Kier molecular flexibility index (Phi) is 7.64. The first kappa shape index (κ1) is 21.3. The van der Waals surface area contributed by atoms with Crippen molar-refractivity contribution < 1.29 is 19.0 Å². The van der Waals surface area contributed by atoms with Crippen LogP contribution in [0.1, 0.15) is 43.2 Å². The number of carboxylic acid groups (broad SMARTS) is 1. The molecule has 1 aliphatic carbocycles. The zero-order valence-electron chi connectivity index (χ0n) is 17.0. The van der Waals surface area contributed by atoms with Gasteiger partial charge in [0, 0.05) is 19.6 Å². The fourth-order valence-electron chi connectivity index (χ4n) is 4.12. The van der Waals surface area contributed by atoms with Crippen LogP contribution in [-0.4, -0.2) is 35.2 Å². The molecule has 29 heavy (non-hydrogen) atoms. The highest BCUT2D eigenvalue weighted by Crippen LogP contribution is 2.29. The SMILES string of the molecule is Cc1cc(CN(CCC(=O)O)CC2CCCC(Oc3ccccc3)C2)ccc1F. The minimum Gasteiger partial charge on any atom is -0.490 e. The van der Waals surface area contributed by atoms with Gasteiger partial charge in [0.1, 0.15) is 11.6 Å². The smallest absolute Gasteiger partial charge is 0.304 e. The molecule has 0 saturated heterocycles.